The molecule has 1 aromatic carbocycles. The maximum Gasteiger partial charge on any atom is 0.129 e. The summed E-state index contributed by atoms with van der Waals surface area (Å²) in [5.41, 5.74) is 3.11. The highest BCUT2D eigenvalue weighted by molar-refractivity contribution is 5.89. The summed E-state index contributed by atoms with van der Waals surface area (Å²) in [4.78, 5) is 4.56. The van der Waals surface area contributed by atoms with Crippen molar-refractivity contribution < 1.29 is 9.47 Å². The Morgan fingerprint density at radius 3 is 2.97 bits per heavy atom. The number of hydrogen-bond donors (Lipinski definition) is 1. The van der Waals surface area contributed by atoms with Crippen molar-refractivity contribution in [1.29, 1.82) is 0 Å². The second-order valence-corrected chi connectivity index (χ2v) is 8.57. The second kappa shape index (κ2) is 7.43. The zero-order valence-electron chi connectivity index (χ0n) is 17.1. The molecule has 6 heteroatoms. The monoisotopic (exact) mass is 392 g/mol. The molecule has 3 aromatic rings. The quantitative estimate of drug-likeness (QED) is 0.712. The fourth-order valence-electron chi connectivity index (χ4n) is 4.24. The number of benzene rings is 1. The lowest BCUT2D eigenvalue weighted by atomic mass is 9.79. The van der Waals surface area contributed by atoms with Crippen LogP contribution in [0.1, 0.15) is 39.2 Å². The number of nitrogens with zero attached hydrogens (tertiary/aromatic N) is 3. The minimum atomic E-state index is 0.0448. The number of pyridine rings is 1. The van der Waals surface area contributed by atoms with Crippen LogP contribution < -0.4 is 10.1 Å². The molecule has 2 fully saturated rings. The zero-order chi connectivity index (χ0) is 19.8. The fraction of sp³-hybridized carbons (Fsp3) is 0.478. The summed E-state index contributed by atoms with van der Waals surface area (Å²) >= 11 is 0. The number of nitrogens with one attached hydrogen (secondary N) is 1. The van der Waals surface area contributed by atoms with Crippen molar-refractivity contribution in [3.63, 3.8) is 0 Å². The number of aromatic nitrogens is 3. The first kappa shape index (κ1) is 18.6. The maximum absolute atomic E-state index is 6.37. The Morgan fingerprint density at radius 1 is 1.31 bits per heavy atom. The van der Waals surface area contributed by atoms with Crippen molar-refractivity contribution >= 4 is 10.9 Å². The van der Waals surface area contributed by atoms with Crippen LogP contribution in [0.4, 0.5) is 0 Å². The summed E-state index contributed by atoms with van der Waals surface area (Å²) < 4.78 is 14.6. The van der Waals surface area contributed by atoms with E-state index in [1.54, 1.807) is 0 Å². The summed E-state index contributed by atoms with van der Waals surface area (Å²) in [7, 11) is 0. The first-order chi connectivity index (χ1) is 14.1. The predicted octanol–water partition coefficient (Wildman–Crippen LogP) is 3.97. The van der Waals surface area contributed by atoms with Gasteiger partial charge in [0, 0.05) is 42.5 Å². The minimum Gasteiger partial charge on any atom is -0.490 e. The Balaban J connectivity index is 1.41. The molecule has 2 aliphatic rings. The lowest BCUT2D eigenvalue weighted by Gasteiger charge is -2.47. The average molecular weight is 393 g/mol. The van der Waals surface area contributed by atoms with Gasteiger partial charge in [-0.05, 0) is 62.9 Å². The van der Waals surface area contributed by atoms with Gasteiger partial charge in [0.25, 0.3) is 0 Å². The molecular weight excluding hydrogens is 364 g/mol. The van der Waals surface area contributed by atoms with E-state index in [0.29, 0.717) is 12.6 Å². The lowest BCUT2D eigenvalue weighted by molar-refractivity contribution is -0.164. The molecule has 0 amide bonds. The topological polar surface area (TPSA) is 61.2 Å². The van der Waals surface area contributed by atoms with Gasteiger partial charge in [-0.25, -0.2) is 0 Å². The highest BCUT2D eigenvalue weighted by Crippen LogP contribution is 2.38. The van der Waals surface area contributed by atoms with E-state index in [2.05, 4.69) is 53.6 Å². The molecule has 1 atom stereocenters. The number of morpholine rings is 1. The summed E-state index contributed by atoms with van der Waals surface area (Å²) in [5.74, 6) is 0.847. The van der Waals surface area contributed by atoms with E-state index in [9.17, 15) is 0 Å². The van der Waals surface area contributed by atoms with Crippen LogP contribution in [0.2, 0.25) is 0 Å². The smallest absolute Gasteiger partial charge is 0.129 e. The normalized spacial score (nSPS) is 20.9. The van der Waals surface area contributed by atoms with Crippen molar-refractivity contribution in [3.8, 4) is 16.9 Å². The van der Waals surface area contributed by atoms with Crippen molar-refractivity contribution in [3.05, 3.63) is 42.9 Å². The van der Waals surface area contributed by atoms with E-state index in [0.717, 1.165) is 53.7 Å². The second-order valence-electron chi connectivity index (χ2n) is 8.57. The molecule has 0 radical (unpaired) electrons. The first-order valence-corrected chi connectivity index (χ1v) is 10.6. The van der Waals surface area contributed by atoms with Gasteiger partial charge in [-0.2, -0.15) is 5.10 Å². The van der Waals surface area contributed by atoms with Crippen LogP contribution in [0.5, 0.6) is 5.75 Å². The van der Waals surface area contributed by atoms with Gasteiger partial charge in [0.1, 0.15) is 18.5 Å². The van der Waals surface area contributed by atoms with E-state index in [1.165, 1.54) is 6.42 Å². The van der Waals surface area contributed by atoms with E-state index >= 15 is 0 Å². The number of rotatable bonds is 5. The molecular formula is C23H28N4O2. The molecule has 5 rings (SSSR count). The highest BCUT2D eigenvalue weighted by atomic mass is 16.6. The van der Waals surface area contributed by atoms with Crippen molar-refractivity contribution in [2.45, 2.75) is 50.9 Å². The molecule has 0 bridgehead atoms. The Morgan fingerprint density at radius 2 is 2.21 bits per heavy atom. The van der Waals surface area contributed by atoms with Crippen LogP contribution in [0.25, 0.3) is 22.0 Å². The van der Waals surface area contributed by atoms with Crippen molar-refractivity contribution in [2.24, 2.45) is 0 Å². The molecule has 3 heterocycles. The zero-order valence-corrected chi connectivity index (χ0v) is 17.1. The molecule has 29 heavy (non-hydrogen) atoms. The van der Waals surface area contributed by atoms with Gasteiger partial charge in [0.05, 0.1) is 17.3 Å². The number of ether oxygens (including phenoxy) is 2. The molecule has 152 valence electrons. The van der Waals surface area contributed by atoms with E-state index in [1.807, 2.05) is 23.1 Å². The lowest BCUT2D eigenvalue weighted by Crippen LogP contribution is -2.58. The minimum absolute atomic E-state index is 0.0448. The van der Waals surface area contributed by atoms with Crippen LogP contribution in [-0.4, -0.2) is 46.2 Å². The van der Waals surface area contributed by atoms with Gasteiger partial charge in [-0.15, -0.1) is 0 Å². The molecule has 1 saturated heterocycles. The Labute approximate surface area is 171 Å². The summed E-state index contributed by atoms with van der Waals surface area (Å²) in [6.45, 7) is 6.58. The van der Waals surface area contributed by atoms with E-state index < -0.39 is 0 Å². The van der Waals surface area contributed by atoms with Gasteiger partial charge in [-0.1, -0.05) is 0 Å². The molecule has 1 aliphatic heterocycles. The van der Waals surface area contributed by atoms with Gasteiger partial charge < -0.3 is 14.8 Å². The maximum atomic E-state index is 6.37. The summed E-state index contributed by atoms with van der Waals surface area (Å²) in [6, 6.07) is 8.54. The fourth-order valence-corrected chi connectivity index (χ4v) is 4.24. The third-order valence-corrected chi connectivity index (χ3v) is 6.07. The van der Waals surface area contributed by atoms with Gasteiger partial charge in [0.15, 0.2) is 0 Å². The first-order valence-electron chi connectivity index (χ1n) is 10.6. The molecule has 6 nitrogen and oxygen atoms in total. The van der Waals surface area contributed by atoms with E-state index in [-0.39, 0.29) is 11.7 Å². The van der Waals surface area contributed by atoms with E-state index in [4.69, 9.17) is 9.47 Å². The average Bonchev–Trinajstić information content (AvgIpc) is 3.21. The Hall–Kier alpha value is -2.44. The third kappa shape index (κ3) is 3.63. The van der Waals surface area contributed by atoms with Crippen molar-refractivity contribution in [1.82, 2.24) is 20.1 Å². The number of hydrogen-bond acceptors (Lipinski definition) is 5. The summed E-state index contributed by atoms with van der Waals surface area (Å²) in [6.07, 6.45) is 9.44. The Bertz CT molecular complexity index is 1010. The van der Waals surface area contributed by atoms with Crippen LogP contribution >= 0.6 is 0 Å². The Kier molecular flexibility index (Phi) is 4.76. The van der Waals surface area contributed by atoms with Crippen LogP contribution in [0.3, 0.4) is 0 Å². The molecule has 1 N–H and O–H groups in total. The molecule has 1 spiro atoms. The standard InChI is InChI=1S/C23H28N4O2/c1-16(2)27-13-18(11-26-27)17-9-21-20(5-3-8-25-21)22(10-17)28-14-19-12-24-15-23(29-19)6-4-7-23/h3,5,8-11,13,16,19,24H,4,6-7,12,14-15H2,1-2H3/t19-/m0/s1. The number of fused-ring (bicyclic) bond motifs is 1. The highest BCUT2D eigenvalue weighted by Gasteiger charge is 2.42. The van der Waals surface area contributed by atoms with Gasteiger partial charge in [0.2, 0.25) is 0 Å². The third-order valence-electron chi connectivity index (χ3n) is 6.07. The largest absolute Gasteiger partial charge is 0.490 e. The van der Waals surface area contributed by atoms with Crippen LogP contribution in [-0.2, 0) is 4.74 Å². The van der Waals surface area contributed by atoms with Gasteiger partial charge in [-0.3, -0.25) is 9.67 Å². The molecule has 2 aromatic heterocycles. The van der Waals surface area contributed by atoms with Crippen LogP contribution in [0.15, 0.2) is 42.9 Å². The van der Waals surface area contributed by atoms with Crippen molar-refractivity contribution in [2.75, 3.05) is 19.7 Å². The predicted molar refractivity (Wildman–Crippen MR) is 113 cm³/mol. The molecule has 1 aliphatic carbocycles. The molecule has 1 saturated carbocycles. The summed E-state index contributed by atoms with van der Waals surface area (Å²) in [5, 5.41) is 9.03. The molecule has 0 unspecified atom stereocenters. The van der Waals surface area contributed by atoms with Crippen LogP contribution in [0, 0.1) is 0 Å². The van der Waals surface area contributed by atoms with Gasteiger partial charge >= 0.3 is 0 Å². The SMILES string of the molecule is CC(C)n1cc(-c2cc(OC[C@@H]3CNCC4(CCC4)O3)c3cccnc3c2)cn1.